The molecule has 0 saturated carbocycles. The molecule has 0 bridgehead atoms. The summed E-state index contributed by atoms with van der Waals surface area (Å²) in [7, 11) is 0. The molecule has 1 aromatic heterocycles. The van der Waals surface area contributed by atoms with Crippen molar-refractivity contribution in [3.05, 3.63) is 21.9 Å². The van der Waals surface area contributed by atoms with E-state index in [1.54, 1.807) is 0 Å². The van der Waals surface area contributed by atoms with Gasteiger partial charge in [0.15, 0.2) is 0 Å². The topological polar surface area (TPSA) is 32.3 Å². The van der Waals surface area contributed by atoms with Crippen LogP contribution < -0.4 is 5.32 Å². The minimum Gasteiger partial charge on any atom is -0.396 e. The van der Waals surface area contributed by atoms with Gasteiger partial charge in [-0.2, -0.15) is 0 Å². The Hall–Kier alpha value is -0.380. The number of nitrogens with one attached hydrogen (secondary N) is 1. The predicted molar refractivity (Wildman–Crippen MR) is 57.1 cm³/mol. The Bertz CT molecular complexity index is 235. The van der Waals surface area contributed by atoms with Gasteiger partial charge in [-0.3, -0.25) is 0 Å². The van der Waals surface area contributed by atoms with Gasteiger partial charge in [-0.25, -0.2) is 0 Å². The summed E-state index contributed by atoms with van der Waals surface area (Å²) >= 11 is 1.84. The van der Waals surface area contributed by atoms with Crippen LogP contribution in [0.1, 0.15) is 22.6 Å². The molecule has 2 nitrogen and oxygen atoms in total. The van der Waals surface area contributed by atoms with E-state index in [0.29, 0.717) is 6.61 Å². The van der Waals surface area contributed by atoms with E-state index in [0.717, 1.165) is 25.9 Å². The molecule has 0 unspecified atom stereocenters. The quantitative estimate of drug-likeness (QED) is 0.686. The summed E-state index contributed by atoms with van der Waals surface area (Å²) in [5.41, 5.74) is 0. The van der Waals surface area contributed by atoms with Gasteiger partial charge in [0.2, 0.25) is 0 Å². The fourth-order valence-electron chi connectivity index (χ4n) is 1.15. The summed E-state index contributed by atoms with van der Waals surface area (Å²) in [6, 6.07) is 4.31. The second kappa shape index (κ2) is 6.13. The van der Waals surface area contributed by atoms with Crippen molar-refractivity contribution >= 4 is 11.3 Å². The maximum absolute atomic E-state index is 8.56. The Morgan fingerprint density at radius 1 is 1.38 bits per heavy atom. The van der Waals surface area contributed by atoms with Crippen LogP contribution in [0.4, 0.5) is 0 Å². The van der Waals surface area contributed by atoms with Crippen molar-refractivity contribution in [1.29, 1.82) is 0 Å². The average Bonchev–Trinajstić information content (AvgIpc) is 2.51. The minimum atomic E-state index is 0.305. The molecule has 1 heterocycles. The first-order chi connectivity index (χ1) is 6.33. The number of rotatable bonds is 6. The lowest BCUT2D eigenvalue weighted by atomic mass is 10.3. The smallest absolute Gasteiger partial charge is 0.0431 e. The molecule has 3 heteroatoms. The first kappa shape index (κ1) is 10.7. The molecule has 0 radical (unpaired) electrons. The first-order valence-corrected chi connectivity index (χ1v) is 5.51. The maximum Gasteiger partial charge on any atom is 0.0431 e. The van der Waals surface area contributed by atoms with E-state index < -0.39 is 0 Å². The van der Waals surface area contributed by atoms with Gasteiger partial charge < -0.3 is 10.4 Å². The van der Waals surface area contributed by atoms with Crippen molar-refractivity contribution in [1.82, 2.24) is 5.32 Å². The third kappa shape index (κ3) is 4.41. The third-order valence-corrected chi connectivity index (χ3v) is 2.86. The van der Waals surface area contributed by atoms with Crippen LogP contribution in [-0.2, 0) is 6.54 Å². The van der Waals surface area contributed by atoms with Crippen LogP contribution in [0, 0.1) is 6.92 Å². The zero-order valence-electron chi connectivity index (χ0n) is 8.05. The summed E-state index contributed by atoms with van der Waals surface area (Å²) < 4.78 is 0. The molecule has 0 spiro atoms. The normalized spacial score (nSPS) is 10.6. The van der Waals surface area contributed by atoms with Gasteiger partial charge in [0.05, 0.1) is 0 Å². The Morgan fingerprint density at radius 3 is 2.85 bits per heavy atom. The van der Waals surface area contributed by atoms with Crippen LogP contribution in [-0.4, -0.2) is 18.3 Å². The van der Waals surface area contributed by atoms with Gasteiger partial charge >= 0.3 is 0 Å². The molecule has 74 valence electrons. The zero-order chi connectivity index (χ0) is 9.52. The van der Waals surface area contributed by atoms with Gasteiger partial charge in [-0.1, -0.05) is 0 Å². The number of hydrogen-bond donors (Lipinski definition) is 2. The van der Waals surface area contributed by atoms with Crippen molar-refractivity contribution in [3.63, 3.8) is 0 Å². The number of aliphatic hydroxyl groups is 1. The van der Waals surface area contributed by atoms with Gasteiger partial charge in [-0.05, 0) is 38.4 Å². The fraction of sp³-hybridized carbons (Fsp3) is 0.600. The number of unbranched alkanes of at least 4 members (excludes halogenated alkanes) is 1. The molecule has 0 atom stereocenters. The zero-order valence-corrected chi connectivity index (χ0v) is 8.86. The van der Waals surface area contributed by atoms with Crippen LogP contribution in [0.25, 0.3) is 0 Å². The van der Waals surface area contributed by atoms with Crippen molar-refractivity contribution in [2.24, 2.45) is 0 Å². The lowest BCUT2D eigenvalue weighted by molar-refractivity contribution is 0.283. The lowest BCUT2D eigenvalue weighted by Gasteiger charge is -2.00. The molecule has 0 fully saturated rings. The lowest BCUT2D eigenvalue weighted by Crippen LogP contribution is -2.14. The highest BCUT2D eigenvalue weighted by atomic mass is 32.1. The summed E-state index contributed by atoms with van der Waals surface area (Å²) in [6.07, 6.45) is 1.96. The molecular weight excluding hydrogens is 182 g/mol. The predicted octanol–water partition coefficient (Wildman–Crippen LogP) is 1.92. The van der Waals surface area contributed by atoms with Gasteiger partial charge in [-0.15, -0.1) is 11.3 Å². The molecule has 0 aliphatic carbocycles. The largest absolute Gasteiger partial charge is 0.396 e. The van der Waals surface area contributed by atoms with Crippen LogP contribution in [0.2, 0.25) is 0 Å². The molecule has 2 N–H and O–H groups in total. The molecule has 0 aromatic carbocycles. The number of aliphatic hydroxyl groups excluding tert-OH is 1. The fourth-order valence-corrected chi connectivity index (χ4v) is 2.01. The highest BCUT2D eigenvalue weighted by molar-refractivity contribution is 7.11. The average molecular weight is 199 g/mol. The van der Waals surface area contributed by atoms with E-state index in [1.165, 1.54) is 9.75 Å². The Morgan fingerprint density at radius 2 is 2.23 bits per heavy atom. The van der Waals surface area contributed by atoms with Crippen LogP contribution >= 0.6 is 11.3 Å². The molecule has 1 aromatic rings. The molecule has 0 aliphatic rings. The van der Waals surface area contributed by atoms with Crippen LogP contribution in [0.5, 0.6) is 0 Å². The standard InChI is InChI=1S/C10H17NOS/c1-9-4-5-10(13-9)8-11-6-2-3-7-12/h4-5,11-12H,2-3,6-8H2,1H3. The van der Waals surface area contributed by atoms with E-state index >= 15 is 0 Å². The van der Waals surface area contributed by atoms with E-state index in [2.05, 4.69) is 24.4 Å². The molecule has 13 heavy (non-hydrogen) atoms. The maximum atomic E-state index is 8.56. The molecule has 0 amide bonds. The second-order valence-electron chi connectivity index (χ2n) is 3.12. The molecule has 0 aliphatic heterocycles. The molecular formula is C10H17NOS. The van der Waals surface area contributed by atoms with Crippen LogP contribution in [0.3, 0.4) is 0 Å². The van der Waals surface area contributed by atoms with Crippen LogP contribution in [0.15, 0.2) is 12.1 Å². The van der Waals surface area contributed by atoms with Crippen molar-refractivity contribution in [2.75, 3.05) is 13.2 Å². The second-order valence-corrected chi connectivity index (χ2v) is 4.49. The highest BCUT2D eigenvalue weighted by Crippen LogP contribution is 2.14. The van der Waals surface area contributed by atoms with Gasteiger partial charge in [0.25, 0.3) is 0 Å². The van der Waals surface area contributed by atoms with E-state index in [-0.39, 0.29) is 0 Å². The monoisotopic (exact) mass is 199 g/mol. The Kier molecular flexibility index (Phi) is 5.05. The Balaban J connectivity index is 2.06. The van der Waals surface area contributed by atoms with E-state index in [9.17, 15) is 0 Å². The molecule has 1 rings (SSSR count). The van der Waals surface area contributed by atoms with E-state index in [4.69, 9.17) is 5.11 Å². The van der Waals surface area contributed by atoms with Crippen molar-refractivity contribution < 1.29 is 5.11 Å². The third-order valence-electron chi connectivity index (χ3n) is 1.86. The van der Waals surface area contributed by atoms with Gasteiger partial charge in [0, 0.05) is 22.9 Å². The summed E-state index contributed by atoms with van der Waals surface area (Å²) in [5, 5.41) is 11.9. The number of hydrogen-bond acceptors (Lipinski definition) is 3. The highest BCUT2D eigenvalue weighted by Gasteiger charge is 1.95. The SMILES string of the molecule is Cc1ccc(CNCCCCO)s1. The van der Waals surface area contributed by atoms with Crippen molar-refractivity contribution in [3.8, 4) is 0 Å². The summed E-state index contributed by atoms with van der Waals surface area (Å²) in [4.78, 5) is 2.76. The summed E-state index contributed by atoms with van der Waals surface area (Å²) in [6.45, 7) is 4.39. The number of thiophene rings is 1. The molecule has 0 saturated heterocycles. The summed E-state index contributed by atoms with van der Waals surface area (Å²) in [5.74, 6) is 0. The van der Waals surface area contributed by atoms with Gasteiger partial charge in [0.1, 0.15) is 0 Å². The van der Waals surface area contributed by atoms with E-state index in [1.807, 2.05) is 11.3 Å². The minimum absolute atomic E-state index is 0.305. The number of aryl methyl sites for hydroxylation is 1. The van der Waals surface area contributed by atoms with Crippen molar-refractivity contribution in [2.45, 2.75) is 26.3 Å². The Labute approximate surface area is 83.6 Å². The first-order valence-electron chi connectivity index (χ1n) is 4.70.